The average Bonchev–Trinajstić information content (AvgIpc) is 3.12. The van der Waals surface area contributed by atoms with Gasteiger partial charge in [0.25, 0.3) is 0 Å². The molecular formula is C16H16ClN3S. The highest BCUT2D eigenvalue weighted by molar-refractivity contribution is 7.16. The van der Waals surface area contributed by atoms with Crippen LogP contribution in [-0.2, 0) is 0 Å². The number of rotatable bonds is 2. The summed E-state index contributed by atoms with van der Waals surface area (Å²) in [6.07, 6.45) is 5.40. The van der Waals surface area contributed by atoms with Crippen molar-refractivity contribution in [1.82, 2.24) is 9.99 Å². The summed E-state index contributed by atoms with van der Waals surface area (Å²) < 4.78 is 0.763. The number of hydrogen-bond acceptors (Lipinski definition) is 4. The molecule has 3 heterocycles. The summed E-state index contributed by atoms with van der Waals surface area (Å²) in [6, 6.07) is 10.6. The molecule has 0 N–H and O–H groups in total. The molecule has 0 saturated carbocycles. The maximum atomic E-state index is 6.07. The van der Waals surface area contributed by atoms with Crippen LogP contribution in [0.25, 0.3) is 5.57 Å². The number of piperidine rings is 1. The average molecular weight is 318 g/mol. The van der Waals surface area contributed by atoms with Gasteiger partial charge in [-0.05, 0) is 31.4 Å². The van der Waals surface area contributed by atoms with Crippen LogP contribution in [0.4, 0.5) is 5.69 Å². The molecular weight excluding hydrogens is 302 g/mol. The number of hydrazine groups is 1. The fraction of sp³-hybridized carbons (Fsp3) is 0.312. The minimum Gasteiger partial charge on any atom is -0.289 e. The van der Waals surface area contributed by atoms with Crippen LogP contribution in [0.1, 0.15) is 24.3 Å². The largest absolute Gasteiger partial charge is 0.289 e. The maximum absolute atomic E-state index is 6.07. The molecule has 0 amide bonds. The fourth-order valence-electron chi connectivity index (χ4n) is 3.13. The highest BCUT2D eigenvalue weighted by Gasteiger charge is 2.33. The van der Waals surface area contributed by atoms with E-state index in [1.165, 1.54) is 29.8 Å². The van der Waals surface area contributed by atoms with E-state index in [0.717, 1.165) is 28.9 Å². The molecule has 1 aromatic carbocycles. The molecule has 108 valence electrons. The van der Waals surface area contributed by atoms with Gasteiger partial charge in [0.15, 0.2) is 0 Å². The monoisotopic (exact) mass is 317 g/mol. The van der Waals surface area contributed by atoms with Gasteiger partial charge in [0.1, 0.15) is 9.34 Å². The predicted molar refractivity (Wildman–Crippen MR) is 88.4 cm³/mol. The molecule has 1 saturated heterocycles. The lowest BCUT2D eigenvalue weighted by molar-refractivity contribution is 0.294. The van der Waals surface area contributed by atoms with Crippen LogP contribution in [0.2, 0.25) is 4.34 Å². The van der Waals surface area contributed by atoms with E-state index in [0.29, 0.717) is 0 Å². The SMILES string of the molecule is Clc1cnc(C2=C3CCCCN3N(c3ccccc3)C2)s1. The Labute approximate surface area is 133 Å². The summed E-state index contributed by atoms with van der Waals surface area (Å²) in [4.78, 5) is 4.49. The lowest BCUT2D eigenvalue weighted by Gasteiger charge is -2.36. The van der Waals surface area contributed by atoms with Crippen LogP contribution >= 0.6 is 22.9 Å². The zero-order chi connectivity index (χ0) is 14.2. The first-order valence-corrected chi connectivity index (χ1v) is 8.46. The molecule has 21 heavy (non-hydrogen) atoms. The second-order valence-electron chi connectivity index (χ2n) is 5.37. The van der Waals surface area contributed by atoms with Gasteiger partial charge in [0.2, 0.25) is 0 Å². The Morgan fingerprint density at radius 3 is 2.71 bits per heavy atom. The molecule has 2 aliphatic heterocycles. The molecule has 0 radical (unpaired) electrons. The van der Waals surface area contributed by atoms with Crippen molar-refractivity contribution in [2.75, 3.05) is 18.1 Å². The summed E-state index contributed by atoms with van der Waals surface area (Å²) >= 11 is 7.65. The lowest BCUT2D eigenvalue weighted by atomic mass is 10.1. The Hall–Kier alpha value is -1.52. The molecule has 2 aliphatic rings. The van der Waals surface area contributed by atoms with Gasteiger partial charge in [-0.25, -0.2) is 4.98 Å². The van der Waals surface area contributed by atoms with Crippen molar-refractivity contribution < 1.29 is 0 Å². The molecule has 4 rings (SSSR count). The van der Waals surface area contributed by atoms with Crippen molar-refractivity contribution >= 4 is 34.2 Å². The van der Waals surface area contributed by atoms with Gasteiger partial charge in [-0.1, -0.05) is 29.8 Å². The van der Waals surface area contributed by atoms with E-state index in [1.807, 2.05) is 0 Å². The van der Waals surface area contributed by atoms with E-state index >= 15 is 0 Å². The Morgan fingerprint density at radius 2 is 1.95 bits per heavy atom. The van der Waals surface area contributed by atoms with Crippen LogP contribution in [-0.4, -0.2) is 23.1 Å². The highest BCUT2D eigenvalue weighted by atomic mass is 35.5. The standard InChI is InChI=1S/C16H16ClN3S/c17-15-10-18-16(21-15)13-11-20(12-6-2-1-3-7-12)19-9-5-4-8-14(13)19/h1-3,6-7,10H,4-5,8-9,11H2. The fourth-order valence-corrected chi connectivity index (χ4v) is 4.10. The van der Waals surface area contributed by atoms with Crippen molar-refractivity contribution in [1.29, 1.82) is 0 Å². The van der Waals surface area contributed by atoms with Crippen LogP contribution in [0.5, 0.6) is 0 Å². The van der Waals surface area contributed by atoms with Gasteiger partial charge in [0.05, 0.1) is 18.4 Å². The summed E-state index contributed by atoms with van der Waals surface area (Å²) in [5.41, 5.74) is 4.01. The summed E-state index contributed by atoms with van der Waals surface area (Å²) in [5.74, 6) is 0. The van der Waals surface area contributed by atoms with Gasteiger partial charge in [-0.3, -0.25) is 10.0 Å². The molecule has 0 spiro atoms. The second-order valence-corrected chi connectivity index (χ2v) is 7.03. The number of benzene rings is 1. The number of anilines is 1. The minimum absolute atomic E-state index is 0.763. The first-order valence-electron chi connectivity index (χ1n) is 7.27. The van der Waals surface area contributed by atoms with E-state index in [4.69, 9.17) is 11.6 Å². The van der Waals surface area contributed by atoms with E-state index in [2.05, 4.69) is 45.3 Å². The molecule has 0 atom stereocenters. The van der Waals surface area contributed by atoms with Crippen LogP contribution in [0.15, 0.2) is 42.2 Å². The Kier molecular flexibility index (Phi) is 3.36. The number of halogens is 1. The topological polar surface area (TPSA) is 19.4 Å². The Bertz CT molecular complexity index is 680. The van der Waals surface area contributed by atoms with Gasteiger partial charge < -0.3 is 0 Å². The summed E-state index contributed by atoms with van der Waals surface area (Å²) in [5, 5.41) is 5.88. The molecule has 0 bridgehead atoms. The summed E-state index contributed by atoms with van der Waals surface area (Å²) in [7, 11) is 0. The number of aromatic nitrogens is 1. The number of fused-ring (bicyclic) bond motifs is 1. The molecule has 1 fully saturated rings. The van der Waals surface area contributed by atoms with Crippen LogP contribution in [0.3, 0.4) is 0 Å². The first kappa shape index (κ1) is 13.2. The first-order chi connectivity index (χ1) is 10.3. The van der Waals surface area contributed by atoms with Gasteiger partial charge in [-0.15, -0.1) is 11.3 Å². The molecule has 0 aliphatic carbocycles. The molecule has 5 heteroatoms. The van der Waals surface area contributed by atoms with Crippen molar-refractivity contribution in [3.63, 3.8) is 0 Å². The van der Waals surface area contributed by atoms with Crippen molar-refractivity contribution in [3.8, 4) is 0 Å². The second kappa shape index (κ2) is 5.35. The number of nitrogens with zero attached hydrogens (tertiary/aromatic N) is 3. The third-order valence-electron chi connectivity index (χ3n) is 4.08. The van der Waals surface area contributed by atoms with Crippen molar-refractivity contribution in [2.24, 2.45) is 0 Å². The molecule has 1 aromatic heterocycles. The Balaban J connectivity index is 1.73. The van der Waals surface area contributed by atoms with Crippen LogP contribution < -0.4 is 5.01 Å². The number of allylic oxidation sites excluding steroid dienone is 1. The summed E-state index contributed by atoms with van der Waals surface area (Å²) in [6.45, 7) is 1.98. The highest BCUT2D eigenvalue weighted by Crippen LogP contribution is 2.40. The van der Waals surface area contributed by atoms with Gasteiger partial charge in [-0.2, -0.15) is 0 Å². The zero-order valence-electron chi connectivity index (χ0n) is 11.6. The maximum Gasteiger partial charge on any atom is 0.124 e. The van der Waals surface area contributed by atoms with Gasteiger partial charge >= 0.3 is 0 Å². The van der Waals surface area contributed by atoms with E-state index < -0.39 is 0 Å². The zero-order valence-corrected chi connectivity index (χ0v) is 13.2. The van der Waals surface area contributed by atoms with Gasteiger partial charge in [0, 0.05) is 17.8 Å². The molecule has 0 unspecified atom stereocenters. The smallest absolute Gasteiger partial charge is 0.124 e. The molecule has 3 nitrogen and oxygen atoms in total. The normalized spacial score (nSPS) is 18.3. The predicted octanol–water partition coefficient (Wildman–Crippen LogP) is 4.43. The lowest BCUT2D eigenvalue weighted by Crippen LogP contribution is -2.39. The third-order valence-corrected chi connectivity index (χ3v) is 5.26. The van der Waals surface area contributed by atoms with E-state index in [1.54, 1.807) is 17.5 Å². The third kappa shape index (κ3) is 2.32. The number of thiazole rings is 1. The van der Waals surface area contributed by atoms with E-state index in [9.17, 15) is 0 Å². The van der Waals surface area contributed by atoms with Crippen molar-refractivity contribution in [2.45, 2.75) is 19.3 Å². The quantitative estimate of drug-likeness (QED) is 0.817. The number of hydrogen-bond donors (Lipinski definition) is 0. The Morgan fingerprint density at radius 1 is 1.10 bits per heavy atom. The van der Waals surface area contributed by atoms with Crippen molar-refractivity contribution in [3.05, 3.63) is 51.6 Å². The number of para-hydroxylation sites is 1. The minimum atomic E-state index is 0.763. The van der Waals surface area contributed by atoms with E-state index in [-0.39, 0.29) is 0 Å². The van der Waals surface area contributed by atoms with Crippen LogP contribution in [0, 0.1) is 0 Å². The molecule has 2 aromatic rings.